The molecule has 154 valence electrons. The predicted octanol–water partition coefficient (Wildman–Crippen LogP) is 4.36. The first-order valence-corrected chi connectivity index (χ1v) is 10.8. The third kappa shape index (κ3) is 4.56. The quantitative estimate of drug-likeness (QED) is 0.416. The van der Waals surface area contributed by atoms with Gasteiger partial charge in [0, 0.05) is 11.4 Å². The zero-order valence-corrected chi connectivity index (χ0v) is 18.3. The summed E-state index contributed by atoms with van der Waals surface area (Å²) < 4.78 is 5.49. The van der Waals surface area contributed by atoms with Crippen LogP contribution in [0.4, 0.5) is 5.82 Å². The van der Waals surface area contributed by atoms with Gasteiger partial charge in [-0.15, -0.1) is 0 Å². The molecule has 2 aromatic rings. The highest BCUT2D eigenvalue weighted by atomic mass is 32.2. The first-order valence-electron chi connectivity index (χ1n) is 9.84. The number of aryl methyl sites for hydroxylation is 1. The molecule has 6 nitrogen and oxygen atoms in total. The molecule has 1 aliphatic heterocycles. The fraction of sp³-hybridized carbons (Fsp3) is 0.409. The van der Waals surface area contributed by atoms with E-state index in [1.54, 1.807) is 0 Å². The summed E-state index contributed by atoms with van der Waals surface area (Å²) in [5.41, 5.74) is 3.25. The molecule has 0 saturated heterocycles. The second kappa shape index (κ2) is 8.86. The van der Waals surface area contributed by atoms with Gasteiger partial charge >= 0.3 is 5.97 Å². The zero-order chi connectivity index (χ0) is 21.1. The Balaban J connectivity index is 2.17. The van der Waals surface area contributed by atoms with E-state index in [0.29, 0.717) is 27.8 Å². The second-order valence-electron chi connectivity index (χ2n) is 7.44. The summed E-state index contributed by atoms with van der Waals surface area (Å²) in [7, 11) is 0. The number of hydrogen-bond donors (Lipinski definition) is 2. The normalized spacial score (nSPS) is 15.9. The molecule has 0 bridgehead atoms. The number of benzene rings is 1. The van der Waals surface area contributed by atoms with Crippen molar-refractivity contribution in [1.82, 2.24) is 9.97 Å². The summed E-state index contributed by atoms with van der Waals surface area (Å²) in [5.74, 6) is 0.394. The molecule has 0 amide bonds. The molecule has 1 aromatic carbocycles. The van der Waals surface area contributed by atoms with E-state index in [0.717, 1.165) is 23.3 Å². The molecule has 0 spiro atoms. The van der Waals surface area contributed by atoms with Crippen molar-refractivity contribution < 1.29 is 9.53 Å². The van der Waals surface area contributed by atoms with Gasteiger partial charge in [-0.1, -0.05) is 48.5 Å². The minimum absolute atomic E-state index is 0.242. The Labute approximate surface area is 175 Å². The van der Waals surface area contributed by atoms with E-state index < -0.39 is 11.9 Å². The lowest BCUT2D eigenvalue weighted by Gasteiger charge is -2.29. The number of ether oxygens (including phenoxy) is 1. The van der Waals surface area contributed by atoms with Crippen LogP contribution in [0.5, 0.6) is 0 Å². The number of carbonyl (C=O) groups is 1. The van der Waals surface area contributed by atoms with Crippen molar-refractivity contribution in [2.24, 2.45) is 0 Å². The SMILES string of the molecule is CCCSc1nc2c(c(=O)[nH]1)[C@@H](c1ccc(C)cc1)C(C(=O)OC(C)C)=C(C)N2. The Bertz CT molecular complexity index is 993. The highest BCUT2D eigenvalue weighted by Crippen LogP contribution is 2.40. The van der Waals surface area contributed by atoms with Crippen molar-refractivity contribution in [3.05, 3.63) is 62.6 Å². The summed E-state index contributed by atoms with van der Waals surface area (Å²) in [6.45, 7) is 9.52. The smallest absolute Gasteiger partial charge is 0.337 e. The number of fused-ring (bicyclic) bond motifs is 1. The average molecular weight is 414 g/mol. The van der Waals surface area contributed by atoms with Crippen LogP contribution < -0.4 is 10.9 Å². The number of anilines is 1. The fourth-order valence-electron chi connectivity index (χ4n) is 3.34. The van der Waals surface area contributed by atoms with Gasteiger partial charge in [0.1, 0.15) is 5.82 Å². The first kappa shape index (κ1) is 21.2. The third-order valence-corrected chi connectivity index (χ3v) is 5.72. The topological polar surface area (TPSA) is 84.1 Å². The molecule has 0 aliphatic carbocycles. The van der Waals surface area contributed by atoms with Crippen molar-refractivity contribution in [3.63, 3.8) is 0 Å². The molecule has 0 unspecified atom stereocenters. The number of nitrogens with one attached hydrogen (secondary N) is 2. The van der Waals surface area contributed by atoms with Crippen molar-refractivity contribution in [3.8, 4) is 0 Å². The van der Waals surface area contributed by atoms with Crippen LogP contribution in [-0.2, 0) is 9.53 Å². The highest BCUT2D eigenvalue weighted by molar-refractivity contribution is 7.99. The van der Waals surface area contributed by atoms with E-state index in [1.165, 1.54) is 11.8 Å². The third-order valence-electron chi connectivity index (χ3n) is 4.64. The largest absolute Gasteiger partial charge is 0.460 e. The number of nitrogens with zero attached hydrogens (tertiary/aromatic N) is 1. The lowest BCUT2D eigenvalue weighted by Crippen LogP contribution is -2.31. The van der Waals surface area contributed by atoms with E-state index in [2.05, 4.69) is 22.2 Å². The van der Waals surface area contributed by atoms with Gasteiger partial charge in [-0.3, -0.25) is 4.79 Å². The molecule has 1 aliphatic rings. The molecular formula is C22H27N3O3S. The molecule has 2 N–H and O–H groups in total. The number of aromatic amines is 1. The van der Waals surface area contributed by atoms with E-state index in [1.807, 2.05) is 52.0 Å². The summed E-state index contributed by atoms with van der Waals surface area (Å²) in [4.78, 5) is 33.5. The maximum atomic E-state index is 13.1. The number of esters is 1. The monoisotopic (exact) mass is 413 g/mol. The highest BCUT2D eigenvalue weighted by Gasteiger charge is 2.36. The number of rotatable bonds is 6. The Kier molecular flexibility index (Phi) is 6.47. The van der Waals surface area contributed by atoms with Crippen LogP contribution in [0.1, 0.15) is 56.7 Å². The van der Waals surface area contributed by atoms with Crippen LogP contribution in [-0.4, -0.2) is 27.8 Å². The summed E-state index contributed by atoms with van der Waals surface area (Å²) >= 11 is 1.51. The zero-order valence-electron chi connectivity index (χ0n) is 17.5. The fourth-order valence-corrected chi connectivity index (χ4v) is 4.06. The first-order chi connectivity index (χ1) is 13.8. The van der Waals surface area contributed by atoms with Crippen molar-refractivity contribution in [2.75, 3.05) is 11.1 Å². The van der Waals surface area contributed by atoms with Gasteiger partial charge in [0.25, 0.3) is 5.56 Å². The molecule has 29 heavy (non-hydrogen) atoms. The number of allylic oxidation sites excluding steroid dienone is 1. The molecule has 7 heteroatoms. The van der Waals surface area contributed by atoms with E-state index in [9.17, 15) is 9.59 Å². The van der Waals surface area contributed by atoms with Gasteiger partial charge in [-0.25, -0.2) is 9.78 Å². The van der Waals surface area contributed by atoms with E-state index in [4.69, 9.17) is 4.74 Å². The van der Waals surface area contributed by atoms with Gasteiger partial charge in [0.15, 0.2) is 5.16 Å². The second-order valence-corrected chi connectivity index (χ2v) is 8.53. The number of hydrogen-bond acceptors (Lipinski definition) is 6. The minimum atomic E-state index is -0.542. The molecule has 1 atom stereocenters. The van der Waals surface area contributed by atoms with Crippen LogP contribution in [0.2, 0.25) is 0 Å². The molecule has 0 fully saturated rings. The summed E-state index contributed by atoms with van der Waals surface area (Å²) in [5, 5.41) is 3.74. The Morgan fingerprint density at radius 3 is 2.55 bits per heavy atom. The minimum Gasteiger partial charge on any atom is -0.460 e. The van der Waals surface area contributed by atoms with Gasteiger partial charge in [0.2, 0.25) is 0 Å². The van der Waals surface area contributed by atoms with Crippen LogP contribution in [0, 0.1) is 6.92 Å². The van der Waals surface area contributed by atoms with Crippen molar-refractivity contribution in [2.45, 2.75) is 58.2 Å². The van der Waals surface area contributed by atoms with Crippen LogP contribution in [0.25, 0.3) is 0 Å². The predicted molar refractivity (Wildman–Crippen MR) is 116 cm³/mol. The van der Waals surface area contributed by atoms with Gasteiger partial charge < -0.3 is 15.0 Å². The number of H-pyrrole nitrogens is 1. The lowest BCUT2D eigenvalue weighted by molar-refractivity contribution is -0.143. The molecule has 3 rings (SSSR count). The summed E-state index contributed by atoms with van der Waals surface area (Å²) in [6, 6.07) is 7.85. The van der Waals surface area contributed by atoms with Gasteiger partial charge in [-0.05, 0) is 39.7 Å². The van der Waals surface area contributed by atoms with E-state index >= 15 is 0 Å². The van der Waals surface area contributed by atoms with Crippen LogP contribution >= 0.6 is 11.8 Å². The molecule has 2 heterocycles. The Morgan fingerprint density at radius 1 is 1.24 bits per heavy atom. The maximum Gasteiger partial charge on any atom is 0.337 e. The van der Waals surface area contributed by atoms with Crippen molar-refractivity contribution in [1.29, 1.82) is 0 Å². The Morgan fingerprint density at radius 2 is 1.93 bits per heavy atom. The van der Waals surface area contributed by atoms with Gasteiger partial charge in [0.05, 0.1) is 23.2 Å². The lowest BCUT2D eigenvalue weighted by atomic mass is 9.82. The van der Waals surface area contributed by atoms with Gasteiger partial charge in [-0.2, -0.15) is 0 Å². The number of aromatic nitrogens is 2. The molecule has 0 saturated carbocycles. The van der Waals surface area contributed by atoms with Crippen molar-refractivity contribution >= 4 is 23.5 Å². The maximum absolute atomic E-state index is 13.1. The Hall–Kier alpha value is -2.54. The molecule has 0 radical (unpaired) electrons. The molecule has 1 aromatic heterocycles. The number of thioether (sulfide) groups is 1. The number of carbonyl (C=O) groups excluding carboxylic acids is 1. The van der Waals surface area contributed by atoms with Crippen LogP contribution in [0.15, 0.2) is 45.5 Å². The summed E-state index contributed by atoms with van der Waals surface area (Å²) in [6.07, 6.45) is 0.724. The average Bonchev–Trinajstić information content (AvgIpc) is 2.65. The van der Waals surface area contributed by atoms with Crippen LogP contribution in [0.3, 0.4) is 0 Å². The molecular weight excluding hydrogens is 386 g/mol. The standard InChI is InChI=1S/C22H27N3O3S/c1-6-11-29-22-24-19-18(20(26)25-22)17(15-9-7-13(4)8-10-15)16(14(5)23-19)21(27)28-12(2)3/h7-10,12,17H,6,11H2,1-5H3,(H2,23,24,25,26)/t17-/m0/s1. The van der Waals surface area contributed by atoms with E-state index in [-0.39, 0.29) is 11.7 Å².